The first-order chi connectivity index (χ1) is 22.5. The zero-order valence-electron chi connectivity index (χ0n) is 24.2. The number of sulfonamides is 1. The molecule has 2 heterocycles. The number of amides is 1. The predicted molar refractivity (Wildman–Crippen MR) is 154 cm³/mol. The van der Waals surface area contributed by atoms with Crippen molar-refractivity contribution in [2.24, 2.45) is 0 Å². The molecule has 2 N–H and O–H groups in total. The fourth-order valence-electron chi connectivity index (χ4n) is 4.89. The minimum atomic E-state index is -5.01. The summed E-state index contributed by atoms with van der Waals surface area (Å²) in [6.45, 7) is -0.899. The lowest BCUT2D eigenvalue weighted by Gasteiger charge is -2.40. The summed E-state index contributed by atoms with van der Waals surface area (Å²) in [5.41, 5.74) is 0.542. The van der Waals surface area contributed by atoms with Gasteiger partial charge in [-0.1, -0.05) is 18.2 Å². The van der Waals surface area contributed by atoms with Crippen molar-refractivity contribution in [1.82, 2.24) is 19.6 Å². The van der Waals surface area contributed by atoms with E-state index in [-0.39, 0.29) is 48.6 Å². The first-order valence-corrected chi connectivity index (χ1v) is 15.2. The number of alkyl halides is 6. The standard InChI is InChI=1S/C29H23F6N5O7S/c30-28(31,32)46-18-6-4-17(5-7-18)14-37-26(41)23-16-39(24-15-36-22-3-1-2-21(27(42)43)25(22)38-24)12-13-40(23)48(44,45)20-10-8-19(9-11-20)47-29(33,34)35/h1-11,15,23H,12-14,16H2,(H,37,41)(H,42,43). The summed E-state index contributed by atoms with van der Waals surface area (Å²) in [7, 11) is -4.51. The molecule has 1 aliphatic rings. The van der Waals surface area contributed by atoms with Crippen LogP contribution in [0, 0.1) is 0 Å². The first-order valence-electron chi connectivity index (χ1n) is 13.7. The fraction of sp³-hybridized carbons (Fsp3) is 0.241. The number of piperazine rings is 1. The normalized spacial score (nSPS) is 16.0. The van der Waals surface area contributed by atoms with Gasteiger partial charge in [0.05, 0.1) is 22.2 Å². The van der Waals surface area contributed by atoms with Crippen LogP contribution in [0.15, 0.2) is 77.8 Å². The van der Waals surface area contributed by atoms with Gasteiger partial charge in [0.25, 0.3) is 0 Å². The SMILES string of the molecule is O=C(O)c1cccc2ncc(N3CCN(S(=O)(=O)c4ccc(OC(F)(F)F)cc4)C(C(=O)NCc4ccc(OC(F)(F)F)cc4)C3)nc12. The van der Waals surface area contributed by atoms with E-state index in [0.29, 0.717) is 5.56 Å². The second-order valence-corrected chi connectivity index (χ2v) is 12.1. The summed E-state index contributed by atoms with van der Waals surface area (Å²) in [4.78, 5) is 35.1. The maximum Gasteiger partial charge on any atom is 0.573 e. The van der Waals surface area contributed by atoms with Crippen LogP contribution < -0.4 is 19.7 Å². The van der Waals surface area contributed by atoms with E-state index in [2.05, 4.69) is 24.8 Å². The minimum absolute atomic E-state index is 0.0473. The number of nitrogens with one attached hydrogen (secondary N) is 1. The maximum absolute atomic E-state index is 13.7. The number of carbonyl (C=O) groups is 2. The van der Waals surface area contributed by atoms with Gasteiger partial charge in [-0.15, -0.1) is 26.3 Å². The number of aromatic nitrogens is 2. The van der Waals surface area contributed by atoms with Crippen molar-refractivity contribution in [3.05, 3.63) is 84.1 Å². The number of carboxylic acid groups (broad SMARTS) is 1. The number of para-hydroxylation sites is 1. The van der Waals surface area contributed by atoms with Crippen molar-refractivity contribution in [2.45, 2.75) is 30.2 Å². The number of hydrogen-bond acceptors (Lipinski definition) is 9. The molecule has 12 nitrogen and oxygen atoms in total. The molecule has 5 rings (SSSR count). The number of benzene rings is 3. The minimum Gasteiger partial charge on any atom is -0.478 e. The van der Waals surface area contributed by atoms with E-state index in [9.17, 15) is 49.5 Å². The van der Waals surface area contributed by atoms with Crippen molar-refractivity contribution in [3.8, 4) is 11.5 Å². The second-order valence-electron chi connectivity index (χ2n) is 10.2. The van der Waals surface area contributed by atoms with Gasteiger partial charge in [-0.3, -0.25) is 9.78 Å². The van der Waals surface area contributed by atoms with E-state index < -0.39 is 57.1 Å². The van der Waals surface area contributed by atoms with Gasteiger partial charge in [0.1, 0.15) is 28.9 Å². The Kier molecular flexibility index (Phi) is 9.36. The molecule has 1 unspecified atom stereocenters. The average Bonchev–Trinajstić information content (AvgIpc) is 3.02. The lowest BCUT2D eigenvalue weighted by molar-refractivity contribution is -0.275. The van der Waals surface area contributed by atoms with Crippen molar-refractivity contribution in [3.63, 3.8) is 0 Å². The number of fused-ring (bicyclic) bond motifs is 1. The van der Waals surface area contributed by atoms with Crippen LogP contribution in [0.2, 0.25) is 0 Å². The van der Waals surface area contributed by atoms with Crippen LogP contribution >= 0.6 is 0 Å². The van der Waals surface area contributed by atoms with Gasteiger partial charge in [-0.2, -0.15) is 4.31 Å². The molecule has 0 aliphatic carbocycles. The molecule has 1 fully saturated rings. The van der Waals surface area contributed by atoms with Crippen LogP contribution in [0.4, 0.5) is 32.2 Å². The number of hydrogen-bond donors (Lipinski definition) is 2. The second kappa shape index (κ2) is 13.1. The largest absolute Gasteiger partial charge is 0.573 e. The molecule has 48 heavy (non-hydrogen) atoms. The Bertz CT molecular complexity index is 1920. The number of ether oxygens (including phenoxy) is 2. The number of halogens is 6. The van der Waals surface area contributed by atoms with Crippen LogP contribution in [0.3, 0.4) is 0 Å². The van der Waals surface area contributed by atoms with E-state index in [1.807, 2.05) is 0 Å². The Hall–Kier alpha value is -5.17. The Morgan fingerprint density at radius 1 is 0.896 bits per heavy atom. The highest BCUT2D eigenvalue weighted by Crippen LogP contribution is 2.29. The van der Waals surface area contributed by atoms with E-state index in [4.69, 9.17) is 0 Å². The molecule has 1 amide bonds. The summed E-state index contributed by atoms with van der Waals surface area (Å²) in [5, 5.41) is 12.2. The van der Waals surface area contributed by atoms with Crippen LogP contribution in [0.5, 0.6) is 11.5 Å². The smallest absolute Gasteiger partial charge is 0.478 e. The van der Waals surface area contributed by atoms with Gasteiger partial charge in [0.2, 0.25) is 15.9 Å². The average molecular weight is 700 g/mol. The topological polar surface area (TPSA) is 151 Å². The summed E-state index contributed by atoms with van der Waals surface area (Å²) < 4.78 is 111. The molecule has 1 saturated heterocycles. The van der Waals surface area contributed by atoms with Gasteiger partial charge >= 0.3 is 18.7 Å². The van der Waals surface area contributed by atoms with E-state index >= 15 is 0 Å². The molecule has 3 aromatic carbocycles. The summed E-state index contributed by atoms with van der Waals surface area (Å²) in [6.07, 6.45) is -8.59. The Morgan fingerprint density at radius 2 is 1.50 bits per heavy atom. The molecule has 19 heteroatoms. The Balaban J connectivity index is 1.42. The number of anilines is 1. The highest BCUT2D eigenvalue weighted by Gasteiger charge is 2.41. The highest BCUT2D eigenvalue weighted by atomic mass is 32.2. The van der Waals surface area contributed by atoms with Crippen molar-refractivity contribution < 1.29 is 58.9 Å². The molecule has 4 aromatic rings. The lowest BCUT2D eigenvalue weighted by atomic mass is 10.1. The summed E-state index contributed by atoms with van der Waals surface area (Å²) >= 11 is 0. The Labute approximate surface area is 267 Å². The van der Waals surface area contributed by atoms with Gasteiger partial charge in [0.15, 0.2) is 0 Å². The van der Waals surface area contributed by atoms with Gasteiger partial charge in [0, 0.05) is 26.2 Å². The number of aromatic carboxylic acids is 1. The van der Waals surface area contributed by atoms with Crippen molar-refractivity contribution in [2.75, 3.05) is 24.5 Å². The molecule has 1 atom stereocenters. The molecule has 1 aromatic heterocycles. The summed E-state index contributed by atoms with van der Waals surface area (Å²) in [5.74, 6) is -3.10. The maximum atomic E-state index is 13.7. The van der Waals surface area contributed by atoms with Gasteiger partial charge in [-0.25, -0.2) is 18.2 Å². The lowest BCUT2D eigenvalue weighted by Crippen LogP contribution is -2.60. The van der Waals surface area contributed by atoms with Gasteiger partial charge in [-0.05, 0) is 54.1 Å². The molecule has 0 saturated carbocycles. The van der Waals surface area contributed by atoms with Crippen LogP contribution in [0.25, 0.3) is 11.0 Å². The molecular formula is C29H23F6N5O7S. The fourth-order valence-corrected chi connectivity index (χ4v) is 6.46. The summed E-state index contributed by atoms with van der Waals surface area (Å²) in [6, 6.07) is 10.9. The molecule has 0 bridgehead atoms. The van der Waals surface area contributed by atoms with Gasteiger partial charge < -0.3 is 24.8 Å². The predicted octanol–water partition coefficient (Wildman–Crippen LogP) is 4.32. The zero-order chi connectivity index (χ0) is 34.9. The van der Waals surface area contributed by atoms with Crippen molar-refractivity contribution >= 4 is 38.8 Å². The number of carboxylic acids is 1. The number of nitrogens with zero attached hydrogens (tertiary/aromatic N) is 4. The first kappa shape index (κ1) is 34.2. The molecule has 254 valence electrons. The molecule has 0 radical (unpaired) electrons. The molecule has 0 spiro atoms. The van der Waals surface area contributed by atoms with Crippen LogP contribution in [0.1, 0.15) is 15.9 Å². The molecular weight excluding hydrogens is 676 g/mol. The van der Waals surface area contributed by atoms with E-state index in [1.165, 1.54) is 35.4 Å². The van der Waals surface area contributed by atoms with Crippen LogP contribution in [-0.2, 0) is 21.4 Å². The quantitative estimate of drug-likeness (QED) is 0.242. The Morgan fingerprint density at radius 3 is 2.08 bits per heavy atom. The third-order valence-corrected chi connectivity index (χ3v) is 8.96. The zero-order valence-corrected chi connectivity index (χ0v) is 25.0. The third-order valence-electron chi connectivity index (χ3n) is 7.04. The molecule has 1 aliphatic heterocycles. The number of rotatable bonds is 9. The highest BCUT2D eigenvalue weighted by molar-refractivity contribution is 7.89. The van der Waals surface area contributed by atoms with Crippen molar-refractivity contribution in [1.29, 1.82) is 0 Å². The van der Waals surface area contributed by atoms with E-state index in [0.717, 1.165) is 40.7 Å². The monoisotopic (exact) mass is 699 g/mol. The van der Waals surface area contributed by atoms with E-state index in [1.54, 1.807) is 6.07 Å². The third kappa shape index (κ3) is 8.03. The van der Waals surface area contributed by atoms with Crippen LogP contribution in [-0.4, -0.2) is 78.1 Å². The number of carbonyl (C=O) groups excluding carboxylic acids is 1.